The summed E-state index contributed by atoms with van der Waals surface area (Å²) in [6.07, 6.45) is 4.66. The first kappa shape index (κ1) is 19.0. The summed E-state index contributed by atoms with van der Waals surface area (Å²) in [6, 6.07) is 10.5. The summed E-state index contributed by atoms with van der Waals surface area (Å²) in [7, 11) is 0. The minimum Gasteiger partial charge on any atom is -0.370 e. The minimum absolute atomic E-state index is 0.185. The Hall–Kier alpha value is -2.73. The van der Waals surface area contributed by atoms with E-state index < -0.39 is 0 Å². The molecule has 0 radical (unpaired) electrons. The molecule has 142 valence electrons. The zero-order chi connectivity index (χ0) is 19.4. The van der Waals surface area contributed by atoms with Gasteiger partial charge in [0.1, 0.15) is 17.3 Å². The quantitative estimate of drug-likeness (QED) is 0.639. The van der Waals surface area contributed by atoms with E-state index in [1.54, 1.807) is 12.3 Å². The molecule has 1 aromatic carbocycles. The molecule has 2 heterocycles. The molecular weight excluding hydrogens is 341 g/mol. The van der Waals surface area contributed by atoms with Gasteiger partial charge in [-0.2, -0.15) is 5.10 Å². The molecule has 3 rings (SSSR count). The number of hydrogen-bond donors (Lipinski definition) is 2. The van der Waals surface area contributed by atoms with Crippen molar-refractivity contribution >= 4 is 5.82 Å². The van der Waals surface area contributed by atoms with E-state index in [-0.39, 0.29) is 11.4 Å². The van der Waals surface area contributed by atoms with E-state index in [2.05, 4.69) is 31.1 Å². The van der Waals surface area contributed by atoms with Gasteiger partial charge in [0, 0.05) is 30.1 Å². The van der Waals surface area contributed by atoms with Crippen LogP contribution in [0.5, 0.6) is 0 Å². The fourth-order valence-corrected chi connectivity index (χ4v) is 2.79. The summed E-state index contributed by atoms with van der Waals surface area (Å²) in [6.45, 7) is 7.67. The monoisotopic (exact) mass is 367 g/mol. The smallest absolute Gasteiger partial charge is 0.126 e. The molecule has 3 N–H and O–H groups in total. The van der Waals surface area contributed by atoms with Crippen molar-refractivity contribution in [1.82, 2.24) is 14.8 Å². The van der Waals surface area contributed by atoms with Gasteiger partial charge in [-0.3, -0.25) is 4.68 Å². The van der Waals surface area contributed by atoms with Gasteiger partial charge in [-0.1, -0.05) is 12.1 Å². The molecule has 0 atom stereocenters. The molecule has 0 fully saturated rings. The molecule has 3 aromatic rings. The summed E-state index contributed by atoms with van der Waals surface area (Å²) < 4.78 is 15.7. The molecule has 0 aliphatic heterocycles. The molecule has 0 saturated heterocycles. The molecule has 5 nitrogen and oxygen atoms in total. The minimum atomic E-state index is -0.275. The zero-order valence-corrected chi connectivity index (χ0v) is 16.0. The number of aromatic nitrogens is 3. The van der Waals surface area contributed by atoms with Crippen molar-refractivity contribution in [2.45, 2.75) is 32.7 Å². The number of hydrogen-bond acceptors (Lipinski definition) is 4. The first-order valence-electron chi connectivity index (χ1n) is 9.15. The number of halogens is 1. The van der Waals surface area contributed by atoms with Crippen LogP contribution in [0, 0.1) is 5.82 Å². The lowest BCUT2D eigenvalue weighted by Crippen LogP contribution is -2.22. The third kappa shape index (κ3) is 4.52. The second kappa shape index (κ2) is 7.88. The molecule has 0 amide bonds. The maximum Gasteiger partial charge on any atom is 0.126 e. The molecule has 0 aliphatic carbocycles. The highest BCUT2D eigenvalue weighted by atomic mass is 19.1. The van der Waals surface area contributed by atoms with E-state index in [0.717, 1.165) is 41.2 Å². The van der Waals surface area contributed by atoms with Crippen molar-refractivity contribution in [3.05, 3.63) is 54.6 Å². The Kier molecular flexibility index (Phi) is 5.56. The van der Waals surface area contributed by atoms with Crippen molar-refractivity contribution in [1.29, 1.82) is 0 Å². The summed E-state index contributed by atoms with van der Waals surface area (Å²) in [5.74, 6) is 0.511. The largest absolute Gasteiger partial charge is 0.370 e. The maximum absolute atomic E-state index is 13.8. The van der Waals surface area contributed by atoms with E-state index in [1.807, 2.05) is 29.1 Å². The molecule has 0 unspecified atom stereocenters. The van der Waals surface area contributed by atoms with Gasteiger partial charge in [-0.05, 0) is 63.6 Å². The summed E-state index contributed by atoms with van der Waals surface area (Å²) >= 11 is 0. The zero-order valence-electron chi connectivity index (χ0n) is 16.0. The summed E-state index contributed by atoms with van der Waals surface area (Å²) in [4.78, 5) is 4.37. The Morgan fingerprint density at radius 2 is 1.96 bits per heavy atom. The SMILES string of the molecule is CC(C)(C)n1cc(-c2ccnc(NCCCN)c2)c(-c2cccc(F)c2)n1. The molecule has 27 heavy (non-hydrogen) atoms. The predicted octanol–water partition coefficient (Wildman–Crippen LogP) is 4.27. The number of pyridine rings is 1. The Bertz CT molecular complexity index is 911. The van der Waals surface area contributed by atoms with Crippen molar-refractivity contribution in [2.75, 3.05) is 18.4 Å². The van der Waals surface area contributed by atoms with E-state index in [1.165, 1.54) is 12.1 Å². The van der Waals surface area contributed by atoms with Gasteiger partial charge in [0.25, 0.3) is 0 Å². The molecule has 0 aliphatic rings. The number of nitrogens with one attached hydrogen (secondary N) is 1. The maximum atomic E-state index is 13.8. The summed E-state index contributed by atoms with van der Waals surface area (Å²) in [5.41, 5.74) is 8.80. The van der Waals surface area contributed by atoms with Gasteiger partial charge >= 0.3 is 0 Å². The molecule has 0 bridgehead atoms. The van der Waals surface area contributed by atoms with Crippen LogP contribution in [0.4, 0.5) is 10.2 Å². The molecule has 0 spiro atoms. The molecule has 2 aromatic heterocycles. The normalized spacial score (nSPS) is 11.6. The van der Waals surface area contributed by atoms with Crippen LogP contribution in [0.1, 0.15) is 27.2 Å². The van der Waals surface area contributed by atoms with Gasteiger partial charge in [-0.25, -0.2) is 9.37 Å². The highest BCUT2D eigenvalue weighted by Gasteiger charge is 2.20. The van der Waals surface area contributed by atoms with E-state index in [9.17, 15) is 4.39 Å². The number of anilines is 1. The van der Waals surface area contributed by atoms with Crippen molar-refractivity contribution in [3.63, 3.8) is 0 Å². The average Bonchev–Trinajstić information content (AvgIpc) is 3.08. The van der Waals surface area contributed by atoms with Crippen molar-refractivity contribution in [3.8, 4) is 22.4 Å². The second-order valence-corrected chi connectivity index (χ2v) is 7.52. The van der Waals surface area contributed by atoms with Crippen LogP contribution < -0.4 is 11.1 Å². The van der Waals surface area contributed by atoms with Gasteiger partial charge in [0.2, 0.25) is 0 Å². The lowest BCUT2D eigenvalue weighted by Gasteiger charge is -2.18. The van der Waals surface area contributed by atoms with Gasteiger partial charge in [0.15, 0.2) is 0 Å². The topological polar surface area (TPSA) is 68.8 Å². The fraction of sp³-hybridized carbons (Fsp3) is 0.333. The highest BCUT2D eigenvalue weighted by Crippen LogP contribution is 2.33. The first-order chi connectivity index (χ1) is 12.9. The lowest BCUT2D eigenvalue weighted by molar-refractivity contribution is 0.356. The van der Waals surface area contributed by atoms with Gasteiger partial charge in [-0.15, -0.1) is 0 Å². The Balaban J connectivity index is 2.06. The first-order valence-corrected chi connectivity index (χ1v) is 9.15. The van der Waals surface area contributed by atoms with E-state index in [4.69, 9.17) is 10.8 Å². The van der Waals surface area contributed by atoms with Crippen LogP contribution >= 0.6 is 0 Å². The van der Waals surface area contributed by atoms with Crippen LogP contribution in [0.3, 0.4) is 0 Å². The molecule has 6 heteroatoms. The molecule has 0 saturated carbocycles. The van der Waals surface area contributed by atoms with Gasteiger partial charge < -0.3 is 11.1 Å². The Morgan fingerprint density at radius 1 is 1.15 bits per heavy atom. The van der Waals surface area contributed by atoms with Crippen LogP contribution in [-0.4, -0.2) is 27.9 Å². The van der Waals surface area contributed by atoms with Crippen molar-refractivity contribution < 1.29 is 4.39 Å². The predicted molar refractivity (Wildman–Crippen MR) is 108 cm³/mol. The van der Waals surface area contributed by atoms with Crippen LogP contribution in [0.25, 0.3) is 22.4 Å². The number of benzene rings is 1. The van der Waals surface area contributed by atoms with Gasteiger partial charge in [0.05, 0.1) is 5.54 Å². The standard InChI is InChI=1S/C21H26FN5/c1-21(2,3)27-14-18(20(26-27)16-6-4-7-17(22)12-16)15-8-11-25-19(13-15)24-10-5-9-23/h4,6-8,11-14H,5,9-10,23H2,1-3H3,(H,24,25). The lowest BCUT2D eigenvalue weighted by atomic mass is 10.0. The Morgan fingerprint density at radius 3 is 2.67 bits per heavy atom. The Labute approximate surface area is 159 Å². The summed E-state index contributed by atoms with van der Waals surface area (Å²) in [5, 5.41) is 8.05. The van der Waals surface area contributed by atoms with Crippen molar-refractivity contribution in [2.24, 2.45) is 5.73 Å². The third-order valence-electron chi connectivity index (χ3n) is 4.26. The average molecular weight is 367 g/mol. The highest BCUT2D eigenvalue weighted by molar-refractivity contribution is 5.81. The van der Waals surface area contributed by atoms with E-state index in [0.29, 0.717) is 6.54 Å². The van der Waals surface area contributed by atoms with E-state index >= 15 is 0 Å². The third-order valence-corrected chi connectivity index (χ3v) is 4.26. The number of nitrogens with zero attached hydrogens (tertiary/aromatic N) is 3. The second-order valence-electron chi connectivity index (χ2n) is 7.52. The van der Waals surface area contributed by atoms with Crippen LogP contribution in [0.2, 0.25) is 0 Å². The van der Waals surface area contributed by atoms with Crippen LogP contribution in [-0.2, 0) is 5.54 Å². The number of rotatable bonds is 6. The molecular formula is C21H26FN5. The van der Waals surface area contributed by atoms with Crippen LogP contribution in [0.15, 0.2) is 48.8 Å². The fourth-order valence-electron chi connectivity index (χ4n) is 2.79. The number of nitrogens with two attached hydrogens (primary N) is 1.